The van der Waals surface area contributed by atoms with Crippen LogP contribution >= 0.6 is 24.8 Å². The summed E-state index contributed by atoms with van der Waals surface area (Å²) in [6, 6.07) is 20.5. The fraction of sp³-hybridized carbons (Fsp3) is 0.364. The molecule has 2 heterocycles. The van der Waals surface area contributed by atoms with E-state index in [4.69, 9.17) is 5.10 Å². The molecule has 1 aliphatic rings. The average molecular weight is 435 g/mol. The van der Waals surface area contributed by atoms with Crippen molar-refractivity contribution in [3.05, 3.63) is 88.1 Å². The molecule has 1 aromatic heterocycles. The number of hydrogen-bond donors (Lipinski definition) is 1. The van der Waals surface area contributed by atoms with Gasteiger partial charge in [-0.05, 0) is 43.5 Å². The van der Waals surface area contributed by atoms with Crippen LogP contribution in [0.3, 0.4) is 0 Å². The molecule has 156 valence electrons. The fourth-order valence-corrected chi connectivity index (χ4v) is 3.78. The van der Waals surface area contributed by atoms with Crippen molar-refractivity contribution in [1.82, 2.24) is 19.7 Å². The summed E-state index contributed by atoms with van der Waals surface area (Å²) in [6.07, 6.45) is 2.88. The highest BCUT2D eigenvalue weighted by Crippen LogP contribution is 2.23. The number of hydrogen-bond acceptors (Lipinski definition) is 3. The monoisotopic (exact) mass is 434 g/mol. The topological polar surface area (TPSA) is 51.9 Å². The highest BCUT2D eigenvalue weighted by atomic mass is 35.5. The standard InChI is InChI=1S/C22H26N4O.2ClH/c27-22-25(17-19-9-5-2-6-10-19)21(20-11-14-23-15-12-20)24-26(22)16-13-18-7-3-1-4-8-18;;/h1-10,20,23H,11-17H2;2*1H. The van der Waals surface area contributed by atoms with Gasteiger partial charge in [-0.25, -0.2) is 9.48 Å². The quantitative estimate of drug-likeness (QED) is 0.643. The van der Waals surface area contributed by atoms with Crippen LogP contribution in [0, 0.1) is 0 Å². The van der Waals surface area contributed by atoms with Gasteiger partial charge >= 0.3 is 5.69 Å². The van der Waals surface area contributed by atoms with E-state index in [9.17, 15) is 4.79 Å². The maximum absolute atomic E-state index is 13.1. The third-order valence-corrected chi connectivity index (χ3v) is 5.29. The molecule has 0 spiro atoms. The number of aromatic nitrogens is 3. The predicted octanol–water partition coefficient (Wildman–Crippen LogP) is 3.65. The van der Waals surface area contributed by atoms with Gasteiger partial charge in [-0.1, -0.05) is 60.7 Å². The average Bonchev–Trinajstić information content (AvgIpc) is 3.04. The molecule has 1 N–H and O–H groups in total. The maximum Gasteiger partial charge on any atom is 0.346 e. The molecule has 2 aromatic carbocycles. The second kappa shape index (κ2) is 11.2. The van der Waals surface area contributed by atoms with Crippen LogP contribution in [0.2, 0.25) is 0 Å². The highest BCUT2D eigenvalue weighted by molar-refractivity contribution is 5.85. The summed E-state index contributed by atoms with van der Waals surface area (Å²) >= 11 is 0. The summed E-state index contributed by atoms with van der Waals surface area (Å²) in [7, 11) is 0. The molecular formula is C22H28Cl2N4O. The van der Waals surface area contributed by atoms with E-state index in [-0.39, 0.29) is 30.5 Å². The zero-order valence-corrected chi connectivity index (χ0v) is 18.0. The predicted molar refractivity (Wildman–Crippen MR) is 122 cm³/mol. The molecular weight excluding hydrogens is 407 g/mol. The summed E-state index contributed by atoms with van der Waals surface area (Å²) in [5.41, 5.74) is 2.37. The Balaban J connectivity index is 0.00000150. The van der Waals surface area contributed by atoms with E-state index in [1.165, 1.54) is 5.56 Å². The van der Waals surface area contributed by atoms with E-state index in [0.29, 0.717) is 19.0 Å². The van der Waals surface area contributed by atoms with E-state index in [1.807, 2.05) is 41.0 Å². The number of piperidine rings is 1. The number of rotatable bonds is 6. The third-order valence-electron chi connectivity index (χ3n) is 5.29. The van der Waals surface area contributed by atoms with Gasteiger partial charge in [0, 0.05) is 5.92 Å². The zero-order valence-electron chi connectivity index (χ0n) is 16.4. The van der Waals surface area contributed by atoms with Crippen molar-refractivity contribution < 1.29 is 0 Å². The third kappa shape index (κ3) is 5.72. The van der Waals surface area contributed by atoms with Gasteiger partial charge < -0.3 is 5.32 Å². The molecule has 0 bridgehead atoms. The van der Waals surface area contributed by atoms with Crippen LogP contribution in [-0.4, -0.2) is 27.4 Å². The van der Waals surface area contributed by atoms with Crippen molar-refractivity contribution in [3.8, 4) is 0 Å². The summed E-state index contributed by atoms with van der Waals surface area (Å²) in [6.45, 7) is 3.18. The normalized spacial score (nSPS) is 14.1. The van der Waals surface area contributed by atoms with E-state index < -0.39 is 0 Å². The molecule has 0 atom stereocenters. The van der Waals surface area contributed by atoms with Gasteiger partial charge in [0.05, 0.1) is 13.1 Å². The molecule has 1 aliphatic heterocycles. The van der Waals surface area contributed by atoms with Gasteiger partial charge in [-0.3, -0.25) is 4.57 Å². The van der Waals surface area contributed by atoms with Gasteiger partial charge in [0.1, 0.15) is 5.82 Å². The minimum atomic E-state index is 0. The molecule has 0 aliphatic carbocycles. The lowest BCUT2D eigenvalue weighted by Gasteiger charge is -2.22. The Bertz CT molecular complexity index is 919. The molecule has 3 aromatic rings. The molecule has 0 saturated carbocycles. The lowest BCUT2D eigenvalue weighted by molar-refractivity contribution is 0.430. The first-order valence-electron chi connectivity index (χ1n) is 9.77. The molecule has 1 fully saturated rings. The first-order valence-corrected chi connectivity index (χ1v) is 9.77. The maximum atomic E-state index is 13.1. The minimum Gasteiger partial charge on any atom is -0.317 e. The van der Waals surface area contributed by atoms with Crippen molar-refractivity contribution in [2.24, 2.45) is 0 Å². The molecule has 29 heavy (non-hydrogen) atoms. The van der Waals surface area contributed by atoms with Gasteiger partial charge in [0.25, 0.3) is 0 Å². The van der Waals surface area contributed by atoms with Crippen molar-refractivity contribution in [3.63, 3.8) is 0 Å². The van der Waals surface area contributed by atoms with Crippen LogP contribution in [0.25, 0.3) is 0 Å². The van der Waals surface area contributed by atoms with Crippen LogP contribution in [0.15, 0.2) is 65.5 Å². The molecule has 1 saturated heterocycles. The first kappa shape index (κ1) is 23.2. The number of nitrogens with one attached hydrogen (secondary N) is 1. The number of halogens is 2. The Labute approximate surface area is 184 Å². The van der Waals surface area contributed by atoms with Gasteiger partial charge in [0.15, 0.2) is 0 Å². The summed E-state index contributed by atoms with van der Waals surface area (Å²) < 4.78 is 3.55. The Hall–Kier alpha value is -2.08. The lowest BCUT2D eigenvalue weighted by Crippen LogP contribution is -2.30. The van der Waals surface area contributed by atoms with Gasteiger partial charge in [-0.15, -0.1) is 24.8 Å². The molecule has 0 amide bonds. The first-order chi connectivity index (χ1) is 13.3. The lowest BCUT2D eigenvalue weighted by atomic mass is 9.97. The van der Waals surface area contributed by atoms with Gasteiger partial charge in [-0.2, -0.15) is 5.10 Å². The molecule has 4 rings (SSSR count). The number of nitrogens with zero attached hydrogens (tertiary/aromatic N) is 3. The number of aryl methyl sites for hydroxylation is 2. The van der Waals surface area contributed by atoms with Crippen LogP contribution in [0.4, 0.5) is 0 Å². The van der Waals surface area contributed by atoms with E-state index in [2.05, 4.69) is 29.6 Å². The van der Waals surface area contributed by atoms with E-state index in [0.717, 1.165) is 43.7 Å². The zero-order chi connectivity index (χ0) is 18.5. The second-order valence-electron chi connectivity index (χ2n) is 7.20. The van der Waals surface area contributed by atoms with Crippen LogP contribution in [0.1, 0.15) is 35.7 Å². The smallest absolute Gasteiger partial charge is 0.317 e. The number of benzene rings is 2. The second-order valence-corrected chi connectivity index (χ2v) is 7.20. The molecule has 0 unspecified atom stereocenters. The Morgan fingerprint density at radius 2 is 1.48 bits per heavy atom. The summed E-state index contributed by atoms with van der Waals surface area (Å²) in [5, 5.41) is 8.18. The molecule has 0 radical (unpaired) electrons. The van der Waals surface area contributed by atoms with Crippen molar-refractivity contribution in [2.45, 2.75) is 38.3 Å². The summed E-state index contributed by atoms with van der Waals surface area (Å²) in [4.78, 5) is 13.1. The van der Waals surface area contributed by atoms with Gasteiger partial charge in [0.2, 0.25) is 0 Å². The van der Waals surface area contributed by atoms with E-state index >= 15 is 0 Å². The Kier molecular flexibility index (Phi) is 8.96. The SMILES string of the molecule is Cl.Cl.O=c1n(CCc2ccccc2)nc(C2CCNCC2)n1Cc1ccccc1. The van der Waals surface area contributed by atoms with Crippen molar-refractivity contribution in [1.29, 1.82) is 0 Å². The van der Waals surface area contributed by atoms with E-state index in [1.54, 1.807) is 4.68 Å². The van der Waals surface area contributed by atoms with Crippen LogP contribution in [-0.2, 0) is 19.5 Å². The van der Waals surface area contributed by atoms with Crippen LogP contribution in [0.5, 0.6) is 0 Å². The van der Waals surface area contributed by atoms with Crippen molar-refractivity contribution in [2.75, 3.05) is 13.1 Å². The van der Waals surface area contributed by atoms with Crippen LogP contribution < -0.4 is 11.0 Å². The summed E-state index contributed by atoms with van der Waals surface area (Å²) in [5.74, 6) is 1.29. The Morgan fingerprint density at radius 1 is 0.897 bits per heavy atom. The van der Waals surface area contributed by atoms with Crippen molar-refractivity contribution >= 4 is 24.8 Å². The Morgan fingerprint density at radius 3 is 2.10 bits per heavy atom. The fourth-order valence-electron chi connectivity index (χ4n) is 3.78. The molecule has 5 nitrogen and oxygen atoms in total. The minimum absolute atomic E-state index is 0. The highest BCUT2D eigenvalue weighted by Gasteiger charge is 2.24. The molecule has 7 heteroatoms. The largest absolute Gasteiger partial charge is 0.346 e.